The van der Waals surface area contributed by atoms with Crippen molar-refractivity contribution in [3.63, 3.8) is 0 Å². The zero-order chi connectivity index (χ0) is 26.5. The van der Waals surface area contributed by atoms with Crippen molar-refractivity contribution in [1.29, 1.82) is 0 Å². The highest BCUT2D eigenvalue weighted by Crippen LogP contribution is 2.42. The number of likely N-dealkylation sites (tertiary alicyclic amines) is 1. The molecule has 1 amide bonds. The summed E-state index contributed by atoms with van der Waals surface area (Å²) in [5.41, 5.74) is 1.28. The molecule has 2 aromatic carbocycles. The van der Waals surface area contributed by atoms with Crippen LogP contribution in [-0.2, 0) is 12.1 Å². The molecular weight excluding hydrogens is 494 g/mol. The summed E-state index contributed by atoms with van der Waals surface area (Å²) in [5.74, 6) is -0.306. The van der Waals surface area contributed by atoms with Gasteiger partial charge in [0.1, 0.15) is 11.2 Å². The maximum absolute atomic E-state index is 12.7. The van der Waals surface area contributed by atoms with E-state index in [1.165, 1.54) is 0 Å². The number of pyridine rings is 1. The fourth-order valence-electron chi connectivity index (χ4n) is 5.44. The van der Waals surface area contributed by atoms with Gasteiger partial charge in [0.15, 0.2) is 0 Å². The lowest BCUT2D eigenvalue weighted by atomic mass is 9.72. The normalized spacial score (nSPS) is 15.7. The fraction of sp³-hybridized carbons (Fsp3) is 0.290. The molecule has 3 heterocycles. The van der Waals surface area contributed by atoms with Gasteiger partial charge in [-0.25, -0.2) is 0 Å². The highest BCUT2D eigenvalue weighted by molar-refractivity contribution is 7.10. The summed E-state index contributed by atoms with van der Waals surface area (Å²) in [6.07, 6.45) is 1.65. The number of aromatic amines is 1. The summed E-state index contributed by atoms with van der Waals surface area (Å²) in [7, 11) is 0. The first-order valence-electron chi connectivity index (χ1n) is 13.1. The Hall–Kier alpha value is -3.52. The Bertz CT molecular complexity index is 1360. The van der Waals surface area contributed by atoms with Crippen LogP contribution >= 0.6 is 11.3 Å². The molecule has 1 aliphatic rings. The van der Waals surface area contributed by atoms with Gasteiger partial charge in [0.2, 0.25) is 0 Å². The number of piperidine rings is 1. The van der Waals surface area contributed by atoms with Gasteiger partial charge >= 0.3 is 0 Å². The molecule has 38 heavy (non-hydrogen) atoms. The molecule has 0 radical (unpaired) electrons. The lowest BCUT2D eigenvalue weighted by Crippen LogP contribution is -2.44. The van der Waals surface area contributed by atoms with Crippen molar-refractivity contribution < 1.29 is 9.90 Å². The summed E-state index contributed by atoms with van der Waals surface area (Å²) in [5, 5.41) is 17.0. The molecule has 2 aromatic heterocycles. The predicted molar refractivity (Wildman–Crippen MR) is 151 cm³/mol. The van der Waals surface area contributed by atoms with Crippen LogP contribution in [0.2, 0.25) is 0 Å². The first-order valence-corrected chi connectivity index (χ1v) is 14.0. The molecule has 0 aliphatic carbocycles. The largest absolute Gasteiger partial charge is 0.380 e. The monoisotopic (exact) mass is 527 g/mol. The highest BCUT2D eigenvalue weighted by atomic mass is 32.1. The first-order chi connectivity index (χ1) is 18.4. The molecule has 0 unspecified atom stereocenters. The zero-order valence-corrected chi connectivity index (χ0v) is 22.3. The van der Waals surface area contributed by atoms with E-state index in [0.717, 1.165) is 47.6 Å². The number of hydrogen-bond acceptors (Lipinski definition) is 5. The Kier molecular flexibility index (Phi) is 7.88. The molecule has 0 bridgehead atoms. The minimum absolute atomic E-state index is 0.0685. The van der Waals surface area contributed by atoms with Crippen LogP contribution in [0.3, 0.4) is 0 Å². The van der Waals surface area contributed by atoms with Crippen LogP contribution in [-0.4, -0.2) is 34.0 Å². The van der Waals surface area contributed by atoms with Gasteiger partial charge in [-0.3, -0.25) is 14.5 Å². The van der Waals surface area contributed by atoms with Crippen molar-refractivity contribution in [2.75, 3.05) is 13.1 Å². The molecule has 1 aliphatic heterocycles. The second-order valence-corrected chi connectivity index (χ2v) is 11.0. The maximum Gasteiger partial charge on any atom is 0.261 e. The molecule has 5 rings (SSSR count). The van der Waals surface area contributed by atoms with Gasteiger partial charge in [0.05, 0.1) is 6.04 Å². The minimum Gasteiger partial charge on any atom is -0.380 e. The maximum atomic E-state index is 12.7. The third-order valence-electron chi connectivity index (χ3n) is 7.53. The molecule has 6 nitrogen and oxygen atoms in total. The number of benzene rings is 2. The number of hydrogen-bond donors (Lipinski definition) is 3. The molecule has 4 aromatic rings. The second-order valence-electron chi connectivity index (χ2n) is 9.99. The van der Waals surface area contributed by atoms with Crippen molar-refractivity contribution >= 4 is 17.2 Å². The van der Waals surface area contributed by atoms with Gasteiger partial charge in [-0.15, -0.1) is 11.3 Å². The van der Waals surface area contributed by atoms with Crippen molar-refractivity contribution in [2.24, 2.45) is 5.92 Å². The topological polar surface area (TPSA) is 85.4 Å². The number of H-pyrrole nitrogens is 1. The van der Waals surface area contributed by atoms with Crippen LogP contribution in [0.4, 0.5) is 0 Å². The van der Waals surface area contributed by atoms with Gasteiger partial charge < -0.3 is 15.4 Å². The lowest BCUT2D eigenvalue weighted by molar-refractivity contribution is -0.0154. The van der Waals surface area contributed by atoms with E-state index in [-0.39, 0.29) is 29.0 Å². The Labute approximate surface area is 227 Å². The molecule has 0 saturated carbocycles. The molecule has 1 atom stereocenters. The molecule has 1 fully saturated rings. The average molecular weight is 528 g/mol. The average Bonchev–Trinajstić information content (AvgIpc) is 3.49. The van der Waals surface area contributed by atoms with Gasteiger partial charge in [-0.2, -0.15) is 0 Å². The number of aromatic nitrogens is 1. The fourth-order valence-corrected chi connectivity index (χ4v) is 6.18. The SMILES string of the molecule is C[C@@H](NC(=O)c1ccc(CN2CCC(C(O)(c3ccccc3)c3ccccc3)CC2)[nH]c1=O)c1cccs1. The van der Waals surface area contributed by atoms with Gasteiger partial charge in [0, 0.05) is 17.1 Å². The minimum atomic E-state index is -1.06. The van der Waals surface area contributed by atoms with Crippen LogP contribution in [0.5, 0.6) is 0 Å². The predicted octanol–water partition coefficient (Wildman–Crippen LogP) is 5.08. The summed E-state index contributed by atoms with van der Waals surface area (Å²) in [6.45, 7) is 4.10. The van der Waals surface area contributed by atoms with Crippen molar-refractivity contribution in [3.05, 3.63) is 128 Å². The van der Waals surface area contributed by atoms with E-state index >= 15 is 0 Å². The third-order valence-corrected chi connectivity index (χ3v) is 8.59. The van der Waals surface area contributed by atoms with Crippen molar-refractivity contribution in [2.45, 2.75) is 38.0 Å². The Morgan fingerprint density at radius 3 is 2.18 bits per heavy atom. The summed E-state index contributed by atoms with van der Waals surface area (Å²) in [4.78, 5) is 31.6. The van der Waals surface area contributed by atoms with E-state index in [4.69, 9.17) is 0 Å². The summed E-state index contributed by atoms with van der Waals surface area (Å²) >= 11 is 1.57. The van der Waals surface area contributed by atoms with Gasteiger partial charge in [-0.1, -0.05) is 66.7 Å². The number of thiophene rings is 1. The van der Waals surface area contributed by atoms with E-state index in [9.17, 15) is 14.7 Å². The number of nitrogens with zero attached hydrogens (tertiary/aromatic N) is 1. The molecular formula is C31H33N3O3S. The van der Waals surface area contributed by atoms with E-state index in [2.05, 4.69) is 15.2 Å². The molecule has 3 N–H and O–H groups in total. The number of nitrogens with one attached hydrogen (secondary N) is 2. The van der Waals surface area contributed by atoms with Gasteiger partial charge in [0.25, 0.3) is 11.5 Å². The van der Waals surface area contributed by atoms with Crippen molar-refractivity contribution in [1.82, 2.24) is 15.2 Å². The van der Waals surface area contributed by atoms with Crippen molar-refractivity contribution in [3.8, 4) is 0 Å². The third kappa shape index (κ3) is 5.50. The van der Waals surface area contributed by atoms with E-state index in [0.29, 0.717) is 6.54 Å². The molecule has 196 valence electrons. The smallest absolute Gasteiger partial charge is 0.261 e. The lowest BCUT2D eigenvalue weighted by Gasteiger charge is -2.42. The molecule has 1 saturated heterocycles. The van der Waals surface area contributed by atoms with Crippen LogP contribution < -0.4 is 10.9 Å². The summed E-state index contributed by atoms with van der Waals surface area (Å²) in [6, 6.07) is 27.0. The highest BCUT2D eigenvalue weighted by Gasteiger charge is 2.41. The molecule has 7 heteroatoms. The number of carbonyl (C=O) groups excluding carboxylic acids is 1. The quantitative estimate of drug-likeness (QED) is 0.299. The number of aliphatic hydroxyl groups is 1. The van der Waals surface area contributed by atoms with Crippen LogP contribution in [0.1, 0.15) is 57.9 Å². The van der Waals surface area contributed by atoms with Crippen LogP contribution in [0, 0.1) is 5.92 Å². The zero-order valence-electron chi connectivity index (χ0n) is 21.5. The Balaban J connectivity index is 1.24. The number of rotatable bonds is 8. The molecule has 0 spiro atoms. The van der Waals surface area contributed by atoms with Gasteiger partial charge in [-0.05, 0) is 73.5 Å². The van der Waals surface area contributed by atoms with Crippen LogP contribution in [0.15, 0.2) is 95.1 Å². The number of carbonyl (C=O) groups is 1. The Morgan fingerprint density at radius 1 is 1.00 bits per heavy atom. The number of amides is 1. The van der Waals surface area contributed by atoms with E-state index in [1.807, 2.05) is 91.2 Å². The van der Waals surface area contributed by atoms with E-state index < -0.39 is 5.60 Å². The Morgan fingerprint density at radius 2 is 1.63 bits per heavy atom. The standard InChI is InChI=1S/C31H33N3O3S/c1-22(28-13-8-20-38-28)32-29(35)27-15-14-26(33-30(27)36)21-34-18-16-25(17-19-34)31(37,23-9-4-2-5-10-23)24-11-6-3-7-12-24/h2-15,20,22,25,37H,16-19,21H2,1H3,(H,32,35)(H,33,36)/t22-/m1/s1. The summed E-state index contributed by atoms with van der Waals surface area (Å²) < 4.78 is 0. The second kappa shape index (κ2) is 11.5. The first kappa shape index (κ1) is 26.1. The van der Waals surface area contributed by atoms with E-state index in [1.54, 1.807) is 17.4 Å². The van der Waals surface area contributed by atoms with Crippen LogP contribution in [0.25, 0.3) is 0 Å².